The van der Waals surface area contributed by atoms with Gasteiger partial charge in [0, 0.05) is 12.1 Å². The van der Waals surface area contributed by atoms with Crippen molar-refractivity contribution < 1.29 is 4.74 Å². The third-order valence-electron chi connectivity index (χ3n) is 2.92. The summed E-state index contributed by atoms with van der Waals surface area (Å²) in [6, 6.07) is 0. The van der Waals surface area contributed by atoms with Crippen LogP contribution >= 0.6 is 0 Å². The summed E-state index contributed by atoms with van der Waals surface area (Å²) in [4.78, 5) is 2.13. The third kappa shape index (κ3) is 4.40. The number of ether oxygens (including phenoxy) is 1. The van der Waals surface area contributed by atoms with Gasteiger partial charge in [0.2, 0.25) is 0 Å². The molecule has 0 spiro atoms. The Labute approximate surface area is 87.6 Å². The highest BCUT2D eigenvalue weighted by Gasteiger charge is 2.27. The number of nitrogens with zero attached hydrogens (tertiary/aromatic N) is 1. The van der Waals surface area contributed by atoms with Crippen LogP contribution in [0.4, 0.5) is 0 Å². The Balaban J connectivity index is 2.09. The van der Waals surface area contributed by atoms with Crippen molar-refractivity contribution in [3.63, 3.8) is 0 Å². The van der Waals surface area contributed by atoms with Crippen molar-refractivity contribution in [1.82, 2.24) is 4.90 Å². The van der Waals surface area contributed by atoms with E-state index in [0.717, 1.165) is 32.6 Å². The van der Waals surface area contributed by atoms with Gasteiger partial charge in [-0.25, -0.2) is 0 Å². The molecule has 0 atom stereocenters. The summed E-state index contributed by atoms with van der Waals surface area (Å²) in [6.45, 7) is 2.52. The second-order valence-corrected chi connectivity index (χ2v) is 4.78. The first kappa shape index (κ1) is 12.0. The quantitative estimate of drug-likeness (QED) is 0.678. The van der Waals surface area contributed by atoms with E-state index in [4.69, 9.17) is 10.5 Å². The Kier molecular flexibility index (Phi) is 4.85. The maximum absolute atomic E-state index is 6.24. The maximum Gasteiger partial charge on any atom is 0.0646 e. The summed E-state index contributed by atoms with van der Waals surface area (Å²) in [5, 5.41) is 0. The molecule has 84 valence electrons. The molecule has 0 aromatic carbocycles. The van der Waals surface area contributed by atoms with E-state index in [0.29, 0.717) is 0 Å². The lowest BCUT2D eigenvalue weighted by atomic mass is 9.83. The second kappa shape index (κ2) is 5.69. The first-order chi connectivity index (χ1) is 6.62. The highest BCUT2D eigenvalue weighted by Crippen LogP contribution is 2.25. The van der Waals surface area contributed by atoms with E-state index < -0.39 is 0 Å². The van der Waals surface area contributed by atoms with Gasteiger partial charge in [-0.05, 0) is 26.9 Å². The zero-order valence-electron chi connectivity index (χ0n) is 9.59. The van der Waals surface area contributed by atoms with Crippen LogP contribution in [0.5, 0.6) is 0 Å². The molecular formula is C11H24N2O. The minimum atomic E-state index is -0.0233. The molecule has 0 bridgehead atoms. The lowest BCUT2D eigenvalue weighted by Gasteiger charge is -2.33. The number of hydrogen-bond acceptors (Lipinski definition) is 3. The van der Waals surface area contributed by atoms with Gasteiger partial charge in [0.1, 0.15) is 0 Å². The number of nitrogens with two attached hydrogens (primary N) is 1. The Hall–Kier alpha value is -0.120. The fraction of sp³-hybridized carbons (Fsp3) is 1.00. The molecule has 0 saturated heterocycles. The van der Waals surface area contributed by atoms with Gasteiger partial charge in [-0.1, -0.05) is 19.3 Å². The summed E-state index contributed by atoms with van der Waals surface area (Å²) in [7, 11) is 4.12. The van der Waals surface area contributed by atoms with Gasteiger partial charge in [-0.2, -0.15) is 0 Å². The van der Waals surface area contributed by atoms with Crippen LogP contribution in [0.25, 0.3) is 0 Å². The second-order valence-electron chi connectivity index (χ2n) is 4.78. The van der Waals surface area contributed by atoms with Gasteiger partial charge in [-0.15, -0.1) is 0 Å². The third-order valence-corrected chi connectivity index (χ3v) is 2.92. The average molecular weight is 200 g/mol. The van der Waals surface area contributed by atoms with Gasteiger partial charge in [0.25, 0.3) is 0 Å². The lowest BCUT2D eigenvalue weighted by molar-refractivity contribution is 0.0596. The maximum atomic E-state index is 6.24. The van der Waals surface area contributed by atoms with Crippen LogP contribution < -0.4 is 5.73 Å². The Morgan fingerprint density at radius 2 is 1.86 bits per heavy atom. The van der Waals surface area contributed by atoms with Gasteiger partial charge < -0.3 is 15.4 Å². The lowest BCUT2D eigenvalue weighted by Crippen LogP contribution is -2.46. The first-order valence-electron chi connectivity index (χ1n) is 5.64. The van der Waals surface area contributed by atoms with E-state index in [2.05, 4.69) is 19.0 Å². The van der Waals surface area contributed by atoms with Crippen molar-refractivity contribution in [2.24, 2.45) is 5.73 Å². The number of rotatable bonds is 5. The van der Waals surface area contributed by atoms with Gasteiger partial charge in [-0.3, -0.25) is 0 Å². The Bertz CT molecular complexity index is 153. The summed E-state index contributed by atoms with van der Waals surface area (Å²) >= 11 is 0. The van der Waals surface area contributed by atoms with Gasteiger partial charge in [0.05, 0.1) is 13.2 Å². The normalized spacial score (nSPS) is 21.4. The molecule has 1 aliphatic rings. The predicted octanol–water partition coefficient (Wildman–Crippen LogP) is 1.23. The van der Waals surface area contributed by atoms with Crippen LogP contribution in [0.15, 0.2) is 0 Å². The molecule has 0 aliphatic heterocycles. The van der Waals surface area contributed by atoms with Crippen LogP contribution in [0, 0.1) is 0 Å². The molecule has 0 unspecified atom stereocenters. The van der Waals surface area contributed by atoms with Crippen molar-refractivity contribution in [2.45, 2.75) is 37.6 Å². The monoisotopic (exact) mass is 200 g/mol. The fourth-order valence-corrected chi connectivity index (χ4v) is 1.92. The highest BCUT2D eigenvalue weighted by molar-refractivity contribution is 4.86. The van der Waals surface area contributed by atoms with Crippen LogP contribution in [0.2, 0.25) is 0 Å². The van der Waals surface area contributed by atoms with Crippen molar-refractivity contribution in [3.8, 4) is 0 Å². The summed E-state index contributed by atoms with van der Waals surface area (Å²) in [5.41, 5.74) is 6.21. The molecule has 3 heteroatoms. The topological polar surface area (TPSA) is 38.5 Å². The summed E-state index contributed by atoms with van der Waals surface area (Å²) in [6.07, 6.45) is 6.15. The SMILES string of the molecule is CN(C)CCOCC1(N)CCCCC1. The largest absolute Gasteiger partial charge is 0.378 e. The first-order valence-corrected chi connectivity index (χ1v) is 5.64. The standard InChI is InChI=1S/C11H24N2O/c1-13(2)8-9-14-10-11(12)6-4-3-5-7-11/h3-10,12H2,1-2H3. The van der Waals surface area contributed by atoms with Crippen LogP contribution in [0.3, 0.4) is 0 Å². The molecule has 1 saturated carbocycles. The fourth-order valence-electron chi connectivity index (χ4n) is 1.92. The van der Waals surface area contributed by atoms with Gasteiger partial charge >= 0.3 is 0 Å². The molecule has 14 heavy (non-hydrogen) atoms. The Morgan fingerprint density at radius 1 is 1.21 bits per heavy atom. The highest BCUT2D eigenvalue weighted by atomic mass is 16.5. The molecule has 0 heterocycles. The molecular weight excluding hydrogens is 176 g/mol. The molecule has 2 N–H and O–H groups in total. The van der Waals surface area contributed by atoms with E-state index in [1.165, 1.54) is 19.3 Å². The predicted molar refractivity (Wildman–Crippen MR) is 59.4 cm³/mol. The molecule has 0 aromatic heterocycles. The summed E-state index contributed by atoms with van der Waals surface area (Å²) < 4.78 is 5.62. The zero-order valence-corrected chi connectivity index (χ0v) is 9.59. The van der Waals surface area contributed by atoms with E-state index in [1.54, 1.807) is 0 Å². The van der Waals surface area contributed by atoms with Crippen molar-refractivity contribution in [1.29, 1.82) is 0 Å². The van der Waals surface area contributed by atoms with Crippen molar-refractivity contribution in [2.75, 3.05) is 33.9 Å². The molecule has 3 nitrogen and oxygen atoms in total. The van der Waals surface area contributed by atoms with Crippen LogP contribution in [-0.2, 0) is 4.74 Å². The van der Waals surface area contributed by atoms with E-state index in [9.17, 15) is 0 Å². The van der Waals surface area contributed by atoms with E-state index in [-0.39, 0.29) is 5.54 Å². The number of likely N-dealkylation sites (N-methyl/N-ethyl adjacent to an activating group) is 1. The summed E-state index contributed by atoms with van der Waals surface area (Å²) in [5.74, 6) is 0. The molecule has 1 rings (SSSR count). The zero-order chi connectivity index (χ0) is 10.4. The van der Waals surface area contributed by atoms with Gasteiger partial charge in [0.15, 0.2) is 0 Å². The average Bonchev–Trinajstić information content (AvgIpc) is 2.14. The van der Waals surface area contributed by atoms with E-state index >= 15 is 0 Å². The molecule has 0 aromatic rings. The molecule has 0 amide bonds. The van der Waals surface area contributed by atoms with Crippen LogP contribution in [-0.4, -0.2) is 44.3 Å². The minimum Gasteiger partial charge on any atom is -0.378 e. The molecule has 0 radical (unpaired) electrons. The Morgan fingerprint density at radius 3 is 2.43 bits per heavy atom. The van der Waals surface area contributed by atoms with Crippen LogP contribution in [0.1, 0.15) is 32.1 Å². The molecule has 1 fully saturated rings. The van der Waals surface area contributed by atoms with Crippen molar-refractivity contribution >= 4 is 0 Å². The molecule has 1 aliphatic carbocycles. The van der Waals surface area contributed by atoms with Crippen molar-refractivity contribution in [3.05, 3.63) is 0 Å². The number of hydrogen-bond donors (Lipinski definition) is 1. The smallest absolute Gasteiger partial charge is 0.0646 e. The van der Waals surface area contributed by atoms with E-state index in [1.807, 2.05) is 0 Å². The minimum absolute atomic E-state index is 0.0233.